The highest BCUT2D eigenvalue weighted by molar-refractivity contribution is 5.92. The number of hydrogen-bond donors (Lipinski definition) is 2. The van der Waals surface area contributed by atoms with Gasteiger partial charge in [0, 0.05) is 25.2 Å². The third-order valence-electron chi connectivity index (χ3n) is 3.43. The van der Waals surface area contributed by atoms with Crippen LogP contribution in [-0.4, -0.2) is 17.0 Å². The van der Waals surface area contributed by atoms with E-state index in [1.54, 1.807) is 25.2 Å². The molecule has 2 rings (SSSR count). The Hall–Kier alpha value is -2.08. The molecule has 0 unspecified atom stereocenters. The Morgan fingerprint density at radius 2 is 2.05 bits per heavy atom. The second-order valence-corrected chi connectivity index (χ2v) is 5.11. The fraction of sp³-hybridized carbons (Fsp3) is 0.467. The zero-order valence-electron chi connectivity index (χ0n) is 12.2. The van der Waals surface area contributed by atoms with Gasteiger partial charge in [0.05, 0.1) is 5.52 Å². The largest absolute Gasteiger partial charge is 0.419 e. The minimum Gasteiger partial charge on any atom is -0.408 e. The van der Waals surface area contributed by atoms with E-state index in [0.717, 1.165) is 25.7 Å². The Balaban J connectivity index is 1.90. The van der Waals surface area contributed by atoms with Gasteiger partial charge in [0.2, 0.25) is 5.91 Å². The topological polar surface area (TPSA) is 90.3 Å². The predicted molar refractivity (Wildman–Crippen MR) is 82.2 cm³/mol. The molecule has 0 aliphatic rings. The number of nitrogens with two attached hydrogens (primary N) is 1. The van der Waals surface area contributed by atoms with Crippen molar-refractivity contribution in [1.29, 1.82) is 0 Å². The fourth-order valence-corrected chi connectivity index (χ4v) is 2.22. The summed E-state index contributed by atoms with van der Waals surface area (Å²) >= 11 is 0. The molecular weight excluding hydrogens is 270 g/mol. The average molecular weight is 291 g/mol. The molecule has 6 heteroatoms. The Labute approximate surface area is 122 Å². The highest BCUT2D eigenvalue weighted by Crippen LogP contribution is 2.18. The summed E-state index contributed by atoms with van der Waals surface area (Å²) in [4.78, 5) is 23.2. The third kappa shape index (κ3) is 3.95. The van der Waals surface area contributed by atoms with E-state index in [4.69, 9.17) is 10.2 Å². The highest BCUT2D eigenvalue weighted by atomic mass is 16.4. The summed E-state index contributed by atoms with van der Waals surface area (Å²) in [6.07, 6.45) is 4.42. The standard InChI is InChI=1S/C15H21N3O3/c1-18-12-8-7-11(10-13(12)21-15(18)20)17-14(19)6-4-2-3-5-9-16/h7-8,10H,2-6,9,16H2,1H3,(H,17,19). The summed E-state index contributed by atoms with van der Waals surface area (Å²) in [7, 11) is 1.65. The van der Waals surface area contributed by atoms with E-state index in [2.05, 4.69) is 5.32 Å². The number of rotatable bonds is 7. The monoisotopic (exact) mass is 291 g/mol. The summed E-state index contributed by atoms with van der Waals surface area (Å²) in [5, 5.41) is 2.82. The number of carbonyl (C=O) groups is 1. The van der Waals surface area contributed by atoms with Crippen molar-refractivity contribution in [2.75, 3.05) is 11.9 Å². The van der Waals surface area contributed by atoms with E-state index < -0.39 is 5.76 Å². The molecule has 1 heterocycles. The van der Waals surface area contributed by atoms with Gasteiger partial charge in [-0.2, -0.15) is 0 Å². The van der Waals surface area contributed by atoms with E-state index in [9.17, 15) is 9.59 Å². The SMILES string of the molecule is Cn1c(=O)oc2cc(NC(=O)CCCCCCN)ccc21. The van der Waals surface area contributed by atoms with Gasteiger partial charge >= 0.3 is 5.76 Å². The number of benzene rings is 1. The first-order valence-electron chi connectivity index (χ1n) is 7.21. The first kappa shape index (κ1) is 15.3. The second kappa shape index (κ2) is 7.08. The molecule has 1 amide bonds. The smallest absolute Gasteiger partial charge is 0.408 e. The van der Waals surface area contributed by atoms with Crippen LogP contribution in [0, 0.1) is 0 Å². The molecule has 0 bridgehead atoms. The lowest BCUT2D eigenvalue weighted by atomic mass is 10.1. The van der Waals surface area contributed by atoms with Gasteiger partial charge in [0.1, 0.15) is 0 Å². The van der Waals surface area contributed by atoms with E-state index in [-0.39, 0.29) is 5.91 Å². The Morgan fingerprint density at radius 1 is 1.29 bits per heavy atom. The number of nitrogens with zero attached hydrogens (tertiary/aromatic N) is 1. The molecule has 0 atom stereocenters. The maximum Gasteiger partial charge on any atom is 0.419 e. The predicted octanol–water partition coefficient (Wildman–Crippen LogP) is 1.98. The summed E-state index contributed by atoms with van der Waals surface area (Å²) in [5.41, 5.74) is 7.24. The number of amides is 1. The molecule has 0 saturated heterocycles. The summed E-state index contributed by atoms with van der Waals surface area (Å²) in [6.45, 7) is 0.703. The van der Waals surface area contributed by atoms with Crippen molar-refractivity contribution in [2.45, 2.75) is 32.1 Å². The van der Waals surface area contributed by atoms with Crippen molar-refractivity contribution in [3.05, 3.63) is 28.7 Å². The molecule has 3 N–H and O–H groups in total. The minimum absolute atomic E-state index is 0.0274. The van der Waals surface area contributed by atoms with Crippen LogP contribution in [0.5, 0.6) is 0 Å². The highest BCUT2D eigenvalue weighted by Gasteiger charge is 2.08. The minimum atomic E-state index is -0.409. The van der Waals surface area contributed by atoms with Crippen molar-refractivity contribution in [2.24, 2.45) is 12.8 Å². The zero-order chi connectivity index (χ0) is 15.2. The number of fused-ring (bicyclic) bond motifs is 1. The molecule has 6 nitrogen and oxygen atoms in total. The number of aromatic nitrogens is 1. The maximum absolute atomic E-state index is 11.8. The molecule has 0 spiro atoms. The van der Waals surface area contributed by atoms with Gasteiger partial charge in [0.25, 0.3) is 0 Å². The third-order valence-corrected chi connectivity index (χ3v) is 3.43. The lowest BCUT2D eigenvalue weighted by Crippen LogP contribution is -2.11. The van der Waals surface area contributed by atoms with Crippen molar-refractivity contribution in [3.63, 3.8) is 0 Å². The van der Waals surface area contributed by atoms with Crippen molar-refractivity contribution in [3.8, 4) is 0 Å². The van der Waals surface area contributed by atoms with Gasteiger partial charge in [0.15, 0.2) is 5.58 Å². The quantitative estimate of drug-likeness (QED) is 0.763. The van der Waals surface area contributed by atoms with Crippen LogP contribution in [0.1, 0.15) is 32.1 Å². The van der Waals surface area contributed by atoms with Crippen molar-refractivity contribution in [1.82, 2.24) is 4.57 Å². The molecule has 0 aliphatic carbocycles. The van der Waals surface area contributed by atoms with Gasteiger partial charge in [-0.1, -0.05) is 12.8 Å². The molecule has 21 heavy (non-hydrogen) atoms. The molecule has 0 aliphatic heterocycles. The normalized spacial score (nSPS) is 11.0. The van der Waals surface area contributed by atoms with Crippen LogP contribution in [0.15, 0.2) is 27.4 Å². The first-order valence-corrected chi connectivity index (χ1v) is 7.21. The second-order valence-electron chi connectivity index (χ2n) is 5.11. The van der Waals surface area contributed by atoms with Gasteiger partial charge < -0.3 is 15.5 Å². The van der Waals surface area contributed by atoms with Crippen LogP contribution >= 0.6 is 0 Å². The Kier molecular flexibility index (Phi) is 5.16. The maximum atomic E-state index is 11.8. The summed E-state index contributed by atoms with van der Waals surface area (Å²) in [5.74, 6) is -0.436. The molecule has 1 aromatic heterocycles. The number of aryl methyl sites for hydroxylation is 1. The molecule has 1 aromatic carbocycles. The van der Waals surface area contributed by atoms with Crippen molar-refractivity contribution >= 4 is 22.7 Å². The van der Waals surface area contributed by atoms with Crippen LogP contribution in [0.3, 0.4) is 0 Å². The zero-order valence-corrected chi connectivity index (χ0v) is 12.2. The lowest BCUT2D eigenvalue weighted by Gasteiger charge is -2.05. The lowest BCUT2D eigenvalue weighted by molar-refractivity contribution is -0.116. The number of anilines is 1. The molecule has 0 radical (unpaired) electrons. The number of hydrogen-bond acceptors (Lipinski definition) is 4. The number of carbonyl (C=O) groups excluding carboxylic acids is 1. The summed E-state index contributed by atoms with van der Waals surface area (Å²) in [6, 6.07) is 5.20. The molecule has 114 valence electrons. The van der Waals surface area contributed by atoms with E-state index >= 15 is 0 Å². The van der Waals surface area contributed by atoms with Gasteiger partial charge in [-0.05, 0) is 31.5 Å². The van der Waals surface area contributed by atoms with E-state index in [1.807, 2.05) is 0 Å². The molecule has 0 saturated carbocycles. The molecule has 0 fully saturated rings. The van der Waals surface area contributed by atoms with E-state index in [1.165, 1.54) is 4.57 Å². The van der Waals surface area contributed by atoms with Gasteiger partial charge in [-0.15, -0.1) is 0 Å². The fourth-order valence-electron chi connectivity index (χ4n) is 2.22. The van der Waals surface area contributed by atoms with Crippen LogP contribution in [0.2, 0.25) is 0 Å². The average Bonchev–Trinajstić information content (AvgIpc) is 2.73. The molecular formula is C15H21N3O3. The van der Waals surface area contributed by atoms with Gasteiger partial charge in [-0.3, -0.25) is 9.36 Å². The Bertz CT molecular complexity index is 672. The number of nitrogens with one attached hydrogen (secondary N) is 1. The van der Waals surface area contributed by atoms with Crippen LogP contribution < -0.4 is 16.8 Å². The van der Waals surface area contributed by atoms with E-state index in [0.29, 0.717) is 29.8 Å². The Morgan fingerprint density at radius 3 is 2.81 bits per heavy atom. The van der Waals surface area contributed by atoms with Gasteiger partial charge in [-0.25, -0.2) is 4.79 Å². The number of unbranched alkanes of at least 4 members (excludes halogenated alkanes) is 3. The van der Waals surface area contributed by atoms with Crippen LogP contribution in [0.4, 0.5) is 5.69 Å². The van der Waals surface area contributed by atoms with Crippen LogP contribution in [-0.2, 0) is 11.8 Å². The van der Waals surface area contributed by atoms with Crippen LogP contribution in [0.25, 0.3) is 11.1 Å². The number of oxazole rings is 1. The van der Waals surface area contributed by atoms with Crippen molar-refractivity contribution < 1.29 is 9.21 Å². The molecule has 2 aromatic rings. The first-order chi connectivity index (χ1) is 10.1. The summed E-state index contributed by atoms with van der Waals surface area (Å²) < 4.78 is 6.52.